The van der Waals surface area contributed by atoms with Gasteiger partial charge in [-0.15, -0.1) is 0 Å². The number of carbonyl (C=O) groups is 2. The maximum atomic E-state index is 12.2. The highest BCUT2D eigenvalue weighted by Crippen LogP contribution is 2.17. The molecule has 0 aliphatic heterocycles. The minimum atomic E-state index is -0.300. The summed E-state index contributed by atoms with van der Waals surface area (Å²) in [6.07, 6.45) is 5.80. The smallest absolute Gasteiger partial charge is 0.320 e. The van der Waals surface area contributed by atoms with Gasteiger partial charge in [-0.1, -0.05) is 26.2 Å². The van der Waals surface area contributed by atoms with Gasteiger partial charge in [-0.2, -0.15) is 0 Å². The van der Waals surface area contributed by atoms with Crippen LogP contribution in [-0.4, -0.2) is 48.6 Å². The van der Waals surface area contributed by atoms with Crippen molar-refractivity contribution >= 4 is 11.9 Å². The van der Waals surface area contributed by atoms with E-state index in [1.54, 1.807) is 6.92 Å². The van der Waals surface area contributed by atoms with E-state index in [0.717, 1.165) is 12.8 Å². The number of amides is 1. The fraction of sp³-hybridized carbons (Fsp3) is 0.867. The second kappa shape index (κ2) is 8.95. The van der Waals surface area contributed by atoms with E-state index in [1.807, 2.05) is 18.7 Å². The van der Waals surface area contributed by atoms with Crippen molar-refractivity contribution in [2.24, 2.45) is 0 Å². The summed E-state index contributed by atoms with van der Waals surface area (Å²) < 4.78 is 4.94. The van der Waals surface area contributed by atoms with E-state index in [1.165, 1.54) is 19.3 Å². The van der Waals surface area contributed by atoms with Crippen LogP contribution in [0.15, 0.2) is 0 Å². The highest BCUT2D eigenvalue weighted by Gasteiger charge is 2.25. The number of rotatable bonds is 7. The number of hydrogen-bond donors (Lipinski definition) is 1. The molecular formula is C15H28N2O3. The maximum Gasteiger partial charge on any atom is 0.320 e. The summed E-state index contributed by atoms with van der Waals surface area (Å²) in [6, 6.07) is 0.00586. The monoisotopic (exact) mass is 284 g/mol. The van der Waals surface area contributed by atoms with Gasteiger partial charge in [0.25, 0.3) is 0 Å². The van der Waals surface area contributed by atoms with Crippen LogP contribution in [-0.2, 0) is 14.3 Å². The molecule has 0 bridgehead atoms. The van der Waals surface area contributed by atoms with E-state index in [0.29, 0.717) is 19.2 Å². The van der Waals surface area contributed by atoms with Crippen molar-refractivity contribution in [3.8, 4) is 0 Å². The molecule has 0 aromatic heterocycles. The minimum absolute atomic E-state index is 0.0167. The third kappa shape index (κ3) is 5.49. The van der Waals surface area contributed by atoms with Crippen LogP contribution in [0.4, 0.5) is 0 Å². The number of esters is 1. The number of likely N-dealkylation sites (N-methyl/N-ethyl adjacent to an activating group) is 1. The Morgan fingerprint density at radius 3 is 2.45 bits per heavy atom. The Bertz CT molecular complexity index is 314. The summed E-state index contributed by atoms with van der Waals surface area (Å²) in [4.78, 5) is 25.6. The molecule has 116 valence electrons. The third-order valence-electron chi connectivity index (χ3n) is 3.92. The maximum absolute atomic E-state index is 12.2. The molecule has 1 unspecified atom stereocenters. The first-order chi connectivity index (χ1) is 9.58. The molecule has 1 rings (SSSR count). The van der Waals surface area contributed by atoms with Gasteiger partial charge in [-0.25, -0.2) is 0 Å². The van der Waals surface area contributed by atoms with E-state index in [9.17, 15) is 9.59 Å². The summed E-state index contributed by atoms with van der Waals surface area (Å²) in [6.45, 7) is 6.78. The van der Waals surface area contributed by atoms with Gasteiger partial charge in [0.1, 0.15) is 0 Å². The fourth-order valence-electron chi connectivity index (χ4n) is 2.63. The first kappa shape index (κ1) is 17.0. The Morgan fingerprint density at radius 2 is 1.90 bits per heavy atom. The van der Waals surface area contributed by atoms with E-state index >= 15 is 0 Å². The molecule has 1 N–H and O–H groups in total. The molecule has 5 nitrogen and oxygen atoms in total. The third-order valence-corrected chi connectivity index (χ3v) is 3.92. The summed E-state index contributed by atoms with van der Waals surface area (Å²) >= 11 is 0. The van der Waals surface area contributed by atoms with Gasteiger partial charge in [-0.05, 0) is 33.2 Å². The predicted molar refractivity (Wildman–Crippen MR) is 78.4 cm³/mol. The number of nitrogens with zero attached hydrogens (tertiary/aromatic N) is 1. The molecule has 1 saturated carbocycles. The van der Waals surface area contributed by atoms with Crippen molar-refractivity contribution in [3.63, 3.8) is 0 Å². The van der Waals surface area contributed by atoms with E-state index in [4.69, 9.17) is 4.74 Å². The second-order valence-corrected chi connectivity index (χ2v) is 5.39. The Labute approximate surface area is 122 Å². The molecule has 0 aromatic rings. The lowest BCUT2D eigenvalue weighted by Crippen LogP contribution is -2.50. The average molecular weight is 284 g/mol. The van der Waals surface area contributed by atoms with E-state index in [-0.39, 0.29) is 24.5 Å². The molecule has 1 atom stereocenters. The van der Waals surface area contributed by atoms with Crippen molar-refractivity contribution in [3.05, 3.63) is 0 Å². The Balaban J connectivity index is 2.44. The quantitative estimate of drug-likeness (QED) is 0.723. The SMILES string of the molecule is CCOC(=O)CN(CC)C(C)C(=O)NC1CCCCC1. The molecule has 0 saturated heterocycles. The summed E-state index contributed by atoms with van der Waals surface area (Å²) in [5.74, 6) is -0.255. The van der Waals surface area contributed by atoms with Crippen molar-refractivity contribution in [1.29, 1.82) is 0 Å². The molecule has 20 heavy (non-hydrogen) atoms. The predicted octanol–water partition coefficient (Wildman–Crippen LogP) is 1.71. The van der Waals surface area contributed by atoms with Crippen molar-refractivity contribution in [2.45, 2.75) is 65.0 Å². The molecule has 1 aliphatic carbocycles. The summed E-state index contributed by atoms with van der Waals surface area (Å²) in [5, 5.41) is 3.11. The molecular weight excluding hydrogens is 256 g/mol. The van der Waals surface area contributed by atoms with Crippen LogP contribution in [0.2, 0.25) is 0 Å². The first-order valence-electron chi connectivity index (χ1n) is 7.78. The molecule has 1 aliphatic rings. The standard InChI is InChI=1S/C15H28N2O3/c1-4-17(11-14(18)20-5-2)12(3)15(19)16-13-9-7-6-8-10-13/h12-13H,4-11H2,1-3H3,(H,16,19). The van der Waals surface area contributed by atoms with Gasteiger partial charge in [0.2, 0.25) is 5.91 Å². The van der Waals surface area contributed by atoms with Crippen molar-refractivity contribution in [1.82, 2.24) is 10.2 Å². The Hall–Kier alpha value is -1.10. The van der Waals surface area contributed by atoms with Gasteiger partial charge in [0.15, 0.2) is 0 Å². The normalized spacial score (nSPS) is 17.8. The fourth-order valence-corrected chi connectivity index (χ4v) is 2.63. The zero-order valence-electron chi connectivity index (χ0n) is 13.0. The lowest BCUT2D eigenvalue weighted by Gasteiger charge is -2.29. The first-order valence-corrected chi connectivity index (χ1v) is 7.78. The largest absolute Gasteiger partial charge is 0.465 e. The number of carbonyl (C=O) groups excluding carboxylic acids is 2. The molecule has 0 spiro atoms. The summed E-state index contributed by atoms with van der Waals surface area (Å²) in [5.41, 5.74) is 0. The highest BCUT2D eigenvalue weighted by atomic mass is 16.5. The number of ether oxygens (including phenoxy) is 1. The molecule has 1 fully saturated rings. The topological polar surface area (TPSA) is 58.6 Å². The average Bonchev–Trinajstić information content (AvgIpc) is 2.45. The zero-order chi connectivity index (χ0) is 15.0. The highest BCUT2D eigenvalue weighted by molar-refractivity contribution is 5.82. The van der Waals surface area contributed by atoms with E-state index in [2.05, 4.69) is 5.32 Å². The molecule has 5 heteroatoms. The van der Waals surface area contributed by atoms with Gasteiger partial charge >= 0.3 is 5.97 Å². The Morgan fingerprint density at radius 1 is 1.25 bits per heavy atom. The lowest BCUT2D eigenvalue weighted by molar-refractivity contribution is -0.145. The molecule has 0 aromatic carbocycles. The number of hydrogen-bond acceptors (Lipinski definition) is 4. The van der Waals surface area contributed by atoms with Crippen LogP contribution in [0.25, 0.3) is 0 Å². The van der Waals surface area contributed by atoms with Crippen LogP contribution in [0.1, 0.15) is 52.9 Å². The molecule has 1 amide bonds. The van der Waals surface area contributed by atoms with Gasteiger partial charge in [0, 0.05) is 6.04 Å². The van der Waals surface area contributed by atoms with Crippen LogP contribution >= 0.6 is 0 Å². The number of nitrogens with one attached hydrogen (secondary N) is 1. The lowest BCUT2D eigenvalue weighted by atomic mass is 9.95. The minimum Gasteiger partial charge on any atom is -0.465 e. The van der Waals surface area contributed by atoms with Crippen molar-refractivity contribution < 1.29 is 14.3 Å². The Kier molecular flexibility index (Phi) is 7.59. The van der Waals surface area contributed by atoms with Crippen LogP contribution in [0, 0.1) is 0 Å². The van der Waals surface area contributed by atoms with E-state index < -0.39 is 0 Å². The molecule has 0 heterocycles. The molecule has 0 radical (unpaired) electrons. The van der Waals surface area contributed by atoms with Crippen LogP contribution < -0.4 is 5.32 Å². The van der Waals surface area contributed by atoms with Gasteiger partial charge in [0.05, 0.1) is 19.2 Å². The second-order valence-electron chi connectivity index (χ2n) is 5.39. The summed E-state index contributed by atoms with van der Waals surface area (Å²) in [7, 11) is 0. The van der Waals surface area contributed by atoms with Gasteiger partial charge in [-0.3, -0.25) is 14.5 Å². The van der Waals surface area contributed by atoms with Gasteiger partial charge < -0.3 is 10.1 Å². The zero-order valence-corrected chi connectivity index (χ0v) is 13.0. The van der Waals surface area contributed by atoms with Crippen LogP contribution in [0.3, 0.4) is 0 Å². The van der Waals surface area contributed by atoms with Crippen molar-refractivity contribution in [2.75, 3.05) is 19.7 Å². The van der Waals surface area contributed by atoms with Crippen LogP contribution in [0.5, 0.6) is 0 Å².